The number of hydrogen-bond acceptors (Lipinski definition) is 1. The standard InChI is InChI=1S/C24H41N/c1-5-6-9-17(2)22-24(4)15-13-20-19(21(24)16-25-22)12-11-18-10-7-8-14-23(18,20)3/h11,17,19-22,25H,5-10,12-16H2,1-4H3. The van der Waals surface area contributed by atoms with Gasteiger partial charge in [-0.25, -0.2) is 0 Å². The Morgan fingerprint density at radius 2 is 2.04 bits per heavy atom. The SMILES string of the molecule is CCCCC(C)C1NCC2C3CC=C4CCCCC4(C)C3CCC21C. The Bertz CT molecular complexity index is 522. The van der Waals surface area contributed by atoms with Crippen molar-refractivity contribution >= 4 is 0 Å². The molecule has 7 atom stereocenters. The molecule has 3 aliphatic carbocycles. The summed E-state index contributed by atoms with van der Waals surface area (Å²) < 4.78 is 0. The molecule has 0 radical (unpaired) electrons. The fourth-order valence-electron chi connectivity index (χ4n) is 7.85. The summed E-state index contributed by atoms with van der Waals surface area (Å²) in [7, 11) is 0. The van der Waals surface area contributed by atoms with E-state index in [0.29, 0.717) is 10.8 Å². The van der Waals surface area contributed by atoms with Gasteiger partial charge in [0.05, 0.1) is 0 Å². The molecule has 0 aromatic heterocycles. The molecule has 25 heavy (non-hydrogen) atoms. The van der Waals surface area contributed by atoms with E-state index >= 15 is 0 Å². The molecule has 0 amide bonds. The van der Waals surface area contributed by atoms with Gasteiger partial charge in [0.15, 0.2) is 0 Å². The molecule has 0 spiro atoms. The van der Waals surface area contributed by atoms with Crippen LogP contribution in [0.3, 0.4) is 0 Å². The van der Waals surface area contributed by atoms with Crippen LogP contribution in [0, 0.1) is 34.5 Å². The minimum absolute atomic E-state index is 0.546. The molecule has 4 aliphatic rings. The van der Waals surface area contributed by atoms with Crippen molar-refractivity contribution in [2.45, 2.75) is 97.9 Å². The van der Waals surface area contributed by atoms with E-state index in [9.17, 15) is 0 Å². The lowest BCUT2D eigenvalue weighted by molar-refractivity contribution is -0.0325. The highest BCUT2D eigenvalue weighted by Gasteiger charge is 2.58. The van der Waals surface area contributed by atoms with Crippen LogP contribution >= 0.6 is 0 Å². The van der Waals surface area contributed by atoms with Gasteiger partial charge in [0.2, 0.25) is 0 Å². The highest BCUT2D eigenvalue weighted by Crippen LogP contribution is 2.63. The maximum Gasteiger partial charge on any atom is 0.0150 e. The van der Waals surface area contributed by atoms with E-state index in [4.69, 9.17) is 0 Å². The maximum atomic E-state index is 4.04. The van der Waals surface area contributed by atoms with E-state index < -0.39 is 0 Å². The zero-order valence-corrected chi connectivity index (χ0v) is 17.2. The minimum Gasteiger partial charge on any atom is -0.313 e. The summed E-state index contributed by atoms with van der Waals surface area (Å²) in [5.41, 5.74) is 2.95. The molecule has 0 bridgehead atoms. The van der Waals surface area contributed by atoms with Crippen LogP contribution in [0.25, 0.3) is 0 Å². The average molecular weight is 344 g/mol. The van der Waals surface area contributed by atoms with Crippen molar-refractivity contribution in [2.75, 3.05) is 6.54 Å². The molecule has 0 aromatic carbocycles. The highest BCUT2D eigenvalue weighted by molar-refractivity contribution is 5.24. The Morgan fingerprint density at radius 3 is 2.84 bits per heavy atom. The lowest BCUT2D eigenvalue weighted by Gasteiger charge is -2.57. The van der Waals surface area contributed by atoms with Crippen LogP contribution in [-0.2, 0) is 0 Å². The predicted octanol–water partition coefficient (Wildman–Crippen LogP) is 6.34. The van der Waals surface area contributed by atoms with Crippen LogP contribution in [0.5, 0.6) is 0 Å². The first-order chi connectivity index (χ1) is 12.0. The Kier molecular flexibility index (Phi) is 4.84. The van der Waals surface area contributed by atoms with Crippen molar-refractivity contribution in [1.29, 1.82) is 0 Å². The van der Waals surface area contributed by atoms with E-state index in [0.717, 1.165) is 29.7 Å². The fourth-order valence-corrected chi connectivity index (χ4v) is 7.85. The molecule has 3 fully saturated rings. The van der Waals surface area contributed by atoms with Gasteiger partial charge in [-0.1, -0.05) is 58.6 Å². The van der Waals surface area contributed by atoms with Crippen molar-refractivity contribution in [3.05, 3.63) is 11.6 Å². The molecule has 0 aromatic rings. The molecule has 1 heterocycles. The molecule has 1 nitrogen and oxygen atoms in total. The third kappa shape index (κ3) is 2.75. The molecular weight excluding hydrogens is 302 g/mol. The lowest BCUT2D eigenvalue weighted by Crippen LogP contribution is -2.52. The van der Waals surface area contributed by atoms with Crippen molar-refractivity contribution in [3.63, 3.8) is 0 Å². The van der Waals surface area contributed by atoms with Crippen LogP contribution in [0.4, 0.5) is 0 Å². The fraction of sp³-hybridized carbons (Fsp3) is 0.917. The van der Waals surface area contributed by atoms with E-state index in [1.807, 2.05) is 5.57 Å². The number of nitrogens with one attached hydrogen (secondary N) is 1. The Hall–Kier alpha value is -0.300. The van der Waals surface area contributed by atoms with Crippen molar-refractivity contribution in [2.24, 2.45) is 34.5 Å². The third-order valence-electron chi connectivity index (χ3n) is 9.31. The van der Waals surface area contributed by atoms with Crippen LogP contribution in [0.1, 0.15) is 91.9 Å². The molecule has 7 unspecified atom stereocenters. The zero-order chi connectivity index (χ0) is 17.7. The first-order valence-corrected chi connectivity index (χ1v) is 11.4. The van der Waals surface area contributed by atoms with Gasteiger partial charge in [-0.05, 0) is 86.0 Å². The first-order valence-electron chi connectivity index (χ1n) is 11.4. The Labute approximate surface area is 156 Å². The van der Waals surface area contributed by atoms with Gasteiger partial charge in [0, 0.05) is 6.04 Å². The van der Waals surface area contributed by atoms with Gasteiger partial charge in [0.25, 0.3) is 0 Å². The van der Waals surface area contributed by atoms with Crippen LogP contribution in [0.15, 0.2) is 11.6 Å². The molecular formula is C24H41N. The number of fused-ring (bicyclic) bond motifs is 5. The van der Waals surface area contributed by atoms with E-state index in [1.54, 1.807) is 0 Å². The normalized spacial score (nSPS) is 47.4. The van der Waals surface area contributed by atoms with Gasteiger partial charge in [-0.2, -0.15) is 0 Å². The quantitative estimate of drug-likeness (QED) is 0.587. The monoisotopic (exact) mass is 343 g/mol. The van der Waals surface area contributed by atoms with Crippen molar-refractivity contribution in [1.82, 2.24) is 5.32 Å². The molecule has 1 saturated heterocycles. The number of rotatable bonds is 4. The summed E-state index contributed by atoms with van der Waals surface area (Å²) in [6, 6.07) is 0.759. The molecule has 4 rings (SSSR count). The third-order valence-corrected chi connectivity index (χ3v) is 9.31. The van der Waals surface area contributed by atoms with Crippen LogP contribution < -0.4 is 5.32 Å². The van der Waals surface area contributed by atoms with Gasteiger partial charge in [0.1, 0.15) is 0 Å². The van der Waals surface area contributed by atoms with Gasteiger partial charge in [-0.15, -0.1) is 0 Å². The van der Waals surface area contributed by atoms with Crippen molar-refractivity contribution < 1.29 is 0 Å². The summed E-state index contributed by atoms with van der Waals surface area (Å²) >= 11 is 0. The van der Waals surface area contributed by atoms with E-state index in [1.165, 1.54) is 70.8 Å². The second-order valence-electron chi connectivity index (χ2n) is 10.5. The summed E-state index contributed by atoms with van der Waals surface area (Å²) in [6.45, 7) is 11.4. The number of unbranched alkanes of at least 4 members (excludes halogenated alkanes) is 1. The molecule has 1 heteroatoms. The number of allylic oxidation sites excluding steroid dienone is 2. The minimum atomic E-state index is 0.546. The molecule has 1 aliphatic heterocycles. The molecule has 142 valence electrons. The van der Waals surface area contributed by atoms with E-state index in [-0.39, 0.29) is 0 Å². The Morgan fingerprint density at radius 1 is 1.20 bits per heavy atom. The Balaban J connectivity index is 1.56. The smallest absolute Gasteiger partial charge is 0.0150 e. The van der Waals surface area contributed by atoms with Crippen LogP contribution in [0.2, 0.25) is 0 Å². The average Bonchev–Trinajstić information content (AvgIpc) is 2.96. The number of hydrogen-bond donors (Lipinski definition) is 1. The predicted molar refractivity (Wildman–Crippen MR) is 108 cm³/mol. The topological polar surface area (TPSA) is 12.0 Å². The zero-order valence-electron chi connectivity index (χ0n) is 17.2. The van der Waals surface area contributed by atoms with E-state index in [2.05, 4.69) is 39.1 Å². The lowest BCUT2D eigenvalue weighted by atomic mass is 9.47. The van der Waals surface area contributed by atoms with Crippen LogP contribution in [-0.4, -0.2) is 12.6 Å². The first kappa shape index (κ1) is 18.1. The molecule has 1 N–H and O–H groups in total. The molecule has 2 saturated carbocycles. The van der Waals surface area contributed by atoms with Crippen molar-refractivity contribution in [3.8, 4) is 0 Å². The van der Waals surface area contributed by atoms with Gasteiger partial charge < -0.3 is 5.32 Å². The second kappa shape index (κ2) is 6.70. The van der Waals surface area contributed by atoms with Gasteiger partial charge in [-0.3, -0.25) is 0 Å². The second-order valence-corrected chi connectivity index (χ2v) is 10.5. The summed E-state index contributed by atoms with van der Waals surface area (Å²) in [5.74, 6) is 3.67. The maximum absolute atomic E-state index is 4.04. The highest BCUT2D eigenvalue weighted by atomic mass is 15.0. The summed E-state index contributed by atoms with van der Waals surface area (Å²) in [5, 5.41) is 4.04. The van der Waals surface area contributed by atoms with Gasteiger partial charge >= 0.3 is 0 Å². The summed E-state index contributed by atoms with van der Waals surface area (Å²) in [4.78, 5) is 0. The summed E-state index contributed by atoms with van der Waals surface area (Å²) in [6.07, 6.45) is 17.0. The largest absolute Gasteiger partial charge is 0.313 e.